The molecule has 0 saturated carbocycles. The molecular formula is C23H32FIN8. The molecule has 1 fully saturated rings. The zero-order valence-corrected chi connectivity index (χ0v) is 21.3. The van der Waals surface area contributed by atoms with Gasteiger partial charge in [0.15, 0.2) is 5.96 Å². The van der Waals surface area contributed by atoms with Crippen molar-refractivity contribution in [3.8, 4) is 0 Å². The topological polar surface area (TPSA) is 84.5 Å². The second kappa shape index (κ2) is 12.7. The van der Waals surface area contributed by atoms with Crippen molar-refractivity contribution in [3.63, 3.8) is 0 Å². The molecule has 0 unspecified atom stereocenters. The van der Waals surface area contributed by atoms with Crippen molar-refractivity contribution in [1.82, 2.24) is 30.5 Å². The number of hydrogen-bond donors (Lipinski definition) is 3. The summed E-state index contributed by atoms with van der Waals surface area (Å²) in [4.78, 5) is 20.9. The van der Waals surface area contributed by atoms with E-state index in [1.807, 2.05) is 12.3 Å². The van der Waals surface area contributed by atoms with Crippen molar-refractivity contribution in [3.05, 3.63) is 54.2 Å². The van der Waals surface area contributed by atoms with Gasteiger partial charge < -0.3 is 20.5 Å². The lowest BCUT2D eigenvalue weighted by Crippen LogP contribution is -2.47. The van der Waals surface area contributed by atoms with Gasteiger partial charge in [-0.05, 0) is 49.2 Å². The number of aromatic amines is 1. The fraction of sp³-hybridized carbons (Fsp3) is 0.435. The van der Waals surface area contributed by atoms with Crippen LogP contribution in [0.1, 0.15) is 12.0 Å². The third kappa shape index (κ3) is 7.00. The van der Waals surface area contributed by atoms with Crippen LogP contribution in [0.15, 0.2) is 47.8 Å². The Labute approximate surface area is 211 Å². The van der Waals surface area contributed by atoms with E-state index < -0.39 is 0 Å². The van der Waals surface area contributed by atoms with E-state index in [1.54, 1.807) is 31.6 Å². The van der Waals surface area contributed by atoms with Crippen LogP contribution in [0.4, 0.5) is 10.3 Å². The molecule has 4 rings (SSSR count). The van der Waals surface area contributed by atoms with Gasteiger partial charge in [0.1, 0.15) is 5.82 Å². The van der Waals surface area contributed by atoms with Gasteiger partial charge in [0.2, 0.25) is 5.95 Å². The Hall–Kier alpha value is -2.47. The summed E-state index contributed by atoms with van der Waals surface area (Å²) in [6.07, 6.45) is 7.37. The number of hydrogen-bond acceptors (Lipinski definition) is 5. The largest absolute Gasteiger partial charge is 0.361 e. The van der Waals surface area contributed by atoms with Gasteiger partial charge in [0, 0.05) is 75.8 Å². The van der Waals surface area contributed by atoms with Crippen LogP contribution in [0, 0.1) is 5.82 Å². The number of piperazine rings is 1. The Morgan fingerprint density at radius 2 is 1.88 bits per heavy atom. The van der Waals surface area contributed by atoms with E-state index in [1.165, 1.54) is 6.07 Å². The van der Waals surface area contributed by atoms with Crippen molar-refractivity contribution < 1.29 is 4.39 Å². The highest BCUT2D eigenvalue weighted by Gasteiger charge is 2.18. The maximum absolute atomic E-state index is 13.5. The van der Waals surface area contributed by atoms with Gasteiger partial charge in [-0.1, -0.05) is 0 Å². The minimum absolute atomic E-state index is 0. The summed E-state index contributed by atoms with van der Waals surface area (Å²) in [5.41, 5.74) is 2.06. The van der Waals surface area contributed by atoms with Gasteiger partial charge in [-0.25, -0.2) is 14.4 Å². The minimum Gasteiger partial charge on any atom is -0.361 e. The number of anilines is 1. The number of halogens is 2. The van der Waals surface area contributed by atoms with Gasteiger partial charge in [0.05, 0.1) is 0 Å². The van der Waals surface area contributed by atoms with Crippen LogP contribution in [0.25, 0.3) is 10.9 Å². The van der Waals surface area contributed by atoms with E-state index in [0.29, 0.717) is 0 Å². The Morgan fingerprint density at radius 1 is 1.12 bits per heavy atom. The first-order chi connectivity index (χ1) is 15.7. The molecule has 3 aromatic rings. The van der Waals surface area contributed by atoms with Crippen LogP contribution >= 0.6 is 24.0 Å². The Kier molecular flexibility index (Phi) is 9.67. The molecule has 8 nitrogen and oxygen atoms in total. The fourth-order valence-corrected chi connectivity index (χ4v) is 4.03. The molecular weight excluding hydrogens is 534 g/mol. The number of aromatic nitrogens is 3. The SMILES string of the molecule is CN=C(NCCCN1CCN(c2ncccn2)CC1)NCCc1c[nH]c2ccc(F)cc12.I. The van der Waals surface area contributed by atoms with Crippen LogP contribution in [-0.2, 0) is 6.42 Å². The number of guanidine groups is 1. The first-order valence-electron chi connectivity index (χ1n) is 11.2. The molecule has 1 saturated heterocycles. The molecule has 0 aliphatic carbocycles. The predicted molar refractivity (Wildman–Crippen MR) is 142 cm³/mol. The number of rotatable bonds is 8. The molecule has 178 valence electrons. The van der Waals surface area contributed by atoms with Crippen molar-refractivity contribution in [2.75, 3.05) is 57.8 Å². The number of nitrogens with zero attached hydrogens (tertiary/aromatic N) is 5. The first kappa shape index (κ1) is 25.2. The average Bonchev–Trinajstić information content (AvgIpc) is 3.23. The summed E-state index contributed by atoms with van der Waals surface area (Å²) in [5, 5.41) is 7.67. The number of fused-ring (bicyclic) bond motifs is 1. The summed E-state index contributed by atoms with van der Waals surface area (Å²) in [6.45, 7) is 6.60. The molecule has 0 radical (unpaired) electrons. The lowest BCUT2D eigenvalue weighted by Gasteiger charge is -2.34. The standard InChI is InChI=1S/C23H31FN8.HI/c1-25-22(27-10-6-18-17-30-21-5-4-19(24)16-20(18)21)26-9-3-11-31-12-14-32(15-13-31)23-28-7-2-8-29-23;/h2,4-5,7-8,16-17,30H,3,6,9-15H2,1H3,(H2,25,26,27);1H. The summed E-state index contributed by atoms with van der Waals surface area (Å²) in [5.74, 6) is 1.40. The molecule has 0 spiro atoms. The van der Waals surface area contributed by atoms with E-state index >= 15 is 0 Å². The number of nitrogens with one attached hydrogen (secondary N) is 3. The molecule has 1 aliphatic rings. The third-order valence-electron chi connectivity index (χ3n) is 5.79. The molecule has 2 aromatic heterocycles. The molecule has 0 bridgehead atoms. The molecule has 0 atom stereocenters. The van der Waals surface area contributed by atoms with E-state index in [-0.39, 0.29) is 29.8 Å². The lowest BCUT2D eigenvalue weighted by molar-refractivity contribution is 0.254. The molecule has 1 aromatic carbocycles. The van der Waals surface area contributed by atoms with E-state index in [2.05, 4.69) is 40.4 Å². The monoisotopic (exact) mass is 566 g/mol. The van der Waals surface area contributed by atoms with Crippen molar-refractivity contribution >= 4 is 46.8 Å². The molecule has 33 heavy (non-hydrogen) atoms. The number of benzene rings is 1. The molecule has 1 aliphatic heterocycles. The molecule has 3 N–H and O–H groups in total. The predicted octanol–water partition coefficient (Wildman–Crippen LogP) is 2.63. The highest BCUT2D eigenvalue weighted by Crippen LogP contribution is 2.19. The van der Waals surface area contributed by atoms with Gasteiger partial charge in [-0.15, -0.1) is 24.0 Å². The van der Waals surface area contributed by atoms with Gasteiger partial charge in [-0.3, -0.25) is 9.89 Å². The van der Waals surface area contributed by atoms with Gasteiger partial charge in [-0.2, -0.15) is 0 Å². The van der Waals surface area contributed by atoms with E-state index in [0.717, 1.165) is 87.0 Å². The second-order valence-electron chi connectivity index (χ2n) is 7.91. The van der Waals surface area contributed by atoms with Gasteiger partial charge >= 0.3 is 0 Å². The Balaban J connectivity index is 0.00000306. The highest BCUT2D eigenvalue weighted by atomic mass is 127. The van der Waals surface area contributed by atoms with Crippen LogP contribution < -0.4 is 15.5 Å². The van der Waals surface area contributed by atoms with Crippen LogP contribution in [0.5, 0.6) is 0 Å². The quantitative estimate of drug-likeness (QED) is 0.168. The van der Waals surface area contributed by atoms with Crippen LogP contribution in [0.3, 0.4) is 0 Å². The Bertz CT molecular complexity index is 1020. The van der Waals surface area contributed by atoms with Crippen LogP contribution in [-0.4, -0.2) is 78.7 Å². The second-order valence-corrected chi connectivity index (χ2v) is 7.91. The van der Waals surface area contributed by atoms with Crippen molar-refractivity contribution in [1.29, 1.82) is 0 Å². The molecule has 0 amide bonds. The fourth-order valence-electron chi connectivity index (χ4n) is 4.03. The van der Waals surface area contributed by atoms with E-state index in [9.17, 15) is 4.39 Å². The van der Waals surface area contributed by atoms with Crippen molar-refractivity contribution in [2.45, 2.75) is 12.8 Å². The van der Waals surface area contributed by atoms with Gasteiger partial charge in [0.25, 0.3) is 0 Å². The first-order valence-corrected chi connectivity index (χ1v) is 11.2. The summed E-state index contributed by atoms with van der Waals surface area (Å²) in [7, 11) is 1.78. The minimum atomic E-state index is -0.210. The maximum Gasteiger partial charge on any atom is 0.225 e. The highest BCUT2D eigenvalue weighted by molar-refractivity contribution is 14.0. The molecule has 10 heteroatoms. The number of aliphatic imine (C=N–C) groups is 1. The zero-order chi connectivity index (χ0) is 22.2. The maximum atomic E-state index is 13.5. The summed E-state index contributed by atoms with van der Waals surface area (Å²) in [6, 6.07) is 6.68. The molecule has 3 heterocycles. The summed E-state index contributed by atoms with van der Waals surface area (Å²) < 4.78 is 13.5. The van der Waals surface area contributed by atoms with E-state index in [4.69, 9.17) is 0 Å². The zero-order valence-electron chi connectivity index (χ0n) is 18.9. The average molecular weight is 566 g/mol. The Morgan fingerprint density at radius 3 is 2.64 bits per heavy atom. The normalized spacial score (nSPS) is 14.8. The smallest absolute Gasteiger partial charge is 0.225 e. The third-order valence-corrected chi connectivity index (χ3v) is 5.79. The number of H-pyrrole nitrogens is 1. The summed E-state index contributed by atoms with van der Waals surface area (Å²) >= 11 is 0. The lowest BCUT2D eigenvalue weighted by atomic mass is 10.1. The van der Waals surface area contributed by atoms with Crippen LogP contribution in [0.2, 0.25) is 0 Å². The van der Waals surface area contributed by atoms with Crippen molar-refractivity contribution in [2.24, 2.45) is 4.99 Å².